The van der Waals surface area contributed by atoms with Gasteiger partial charge in [0.25, 0.3) is 0 Å². The number of amides is 1. The molecule has 0 radical (unpaired) electrons. The van der Waals surface area contributed by atoms with Crippen molar-refractivity contribution in [3.05, 3.63) is 48.6 Å². The van der Waals surface area contributed by atoms with E-state index in [9.17, 15) is 4.79 Å². The van der Waals surface area contributed by atoms with Crippen molar-refractivity contribution < 1.29 is 4.79 Å². The topological polar surface area (TPSA) is 32.3 Å². The molecule has 1 N–H and O–H groups in total. The highest BCUT2D eigenvalue weighted by Crippen LogP contribution is 1.95. The first-order chi connectivity index (χ1) is 8.77. The summed E-state index contributed by atoms with van der Waals surface area (Å²) < 4.78 is 0. The van der Waals surface area contributed by atoms with E-state index in [0.717, 1.165) is 5.56 Å². The van der Waals surface area contributed by atoms with Crippen LogP contribution in [-0.4, -0.2) is 37.5 Å². The van der Waals surface area contributed by atoms with Crippen molar-refractivity contribution >= 4 is 5.91 Å². The Morgan fingerprint density at radius 2 is 2.17 bits per heavy atom. The Morgan fingerprint density at radius 1 is 1.44 bits per heavy atom. The molecule has 0 heterocycles. The van der Waals surface area contributed by atoms with Gasteiger partial charge in [0.1, 0.15) is 0 Å². The van der Waals surface area contributed by atoms with Gasteiger partial charge >= 0.3 is 0 Å². The molecule has 0 saturated heterocycles. The molecule has 0 aromatic heterocycles. The van der Waals surface area contributed by atoms with Crippen molar-refractivity contribution in [2.24, 2.45) is 0 Å². The Bertz CT molecular complexity index is 443. The van der Waals surface area contributed by atoms with Gasteiger partial charge in [-0.2, -0.15) is 0 Å². The van der Waals surface area contributed by atoms with Gasteiger partial charge in [-0.05, 0) is 19.2 Å². The molecule has 94 valence electrons. The van der Waals surface area contributed by atoms with Gasteiger partial charge in [-0.25, -0.2) is 0 Å². The molecule has 3 nitrogen and oxygen atoms in total. The molecule has 0 bridgehead atoms. The molecule has 3 heteroatoms. The lowest BCUT2D eigenvalue weighted by atomic mass is 10.2. The third kappa shape index (κ3) is 4.86. The number of nitrogens with zero attached hydrogens (tertiary/aromatic N) is 1. The summed E-state index contributed by atoms with van der Waals surface area (Å²) in [6, 6.07) is 9.72. The third-order valence-corrected chi connectivity index (χ3v) is 2.31. The van der Waals surface area contributed by atoms with E-state index in [4.69, 9.17) is 0 Å². The van der Waals surface area contributed by atoms with Crippen LogP contribution in [0.2, 0.25) is 0 Å². The zero-order valence-corrected chi connectivity index (χ0v) is 10.6. The van der Waals surface area contributed by atoms with Crippen LogP contribution in [0.5, 0.6) is 0 Å². The van der Waals surface area contributed by atoms with Crippen LogP contribution in [0.3, 0.4) is 0 Å². The van der Waals surface area contributed by atoms with Crippen LogP contribution in [0.25, 0.3) is 0 Å². The molecular formula is C15H18N2O. The summed E-state index contributed by atoms with van der Waals surface area (Å²) in [6.07, 6.45) is 1.71. The van der Waals surface area contributed by atoms with E-state index in [0.29, 0.717) is 19.6 Å². The summed E-state index contributed by atoms with van der Waals surface area (Å²) in [5, 5.41) is 2.84. The molecule has 0 aliphatic carbocycles. The van der Waals surface area contributed by atoms with Crippen LogP contribution < -0.4 is 5.32 Å². The largest absolute Gasteiger partial charge is 0.327 e. The number of likely N-dealkylation sites (N-methyl/N-ethyl adjacent to an activating group) is 1. The van der Waals surface area contributed by atoms with Gasteiger partial charge in [0, 0.05) is 12.1 Å². The minimum Gasteiger partial charge on any atom is -0.327 e. The Balaban J connectivity index is 2.60. The molecule has 0 aliphatic heterocycles. The fourth-order valence-corrected chi connectivity index (χ4v) is 1.43. The standard InChI is InChI=1S/C15H18N2O/c1-3-11-17(15(18)13-16-2)12-7-10-14-8-5-4-6-9-14/h3-6,8-9,16H,1,11-13H2,2H3. The molecular weight excluding hydrogens is 224 g/mol. The first-order valence-electron chi connectivity index (χ1n) is 5.85. The highest BCUT2D eigenvalue weighted by molar-refractivity contribution is 5.78. The summed E-state index contributed by atoms with van der Waals surface area (Å²) in [6.45, 7) is 4.90. The molecule has 18 heavy (non-hydrogen) atoms. The van der Waals surface area contributed by atoms with Crippen LogP contribution in [0.4, 0.5) is 0 Å². The predicted molar refractivity (Wildman–Crippen MR) is 74.0 cm³/mol. The lowest BCUT2D eigenvalue weighted by Crippen LogP contribution is -2.37. The number of rotatable bonds is 5. The fourth-order valence-electron chi connectivity index (χ4n) is 1.43. The first kappa shape index (κ1) is 14.0. The average Bonchev–Trinajstić information content (AvgIpc) is 2.39. The molecule has 0 saturated carbocycles. The molecule has 0 aliphatic rings. The first-order valence-corrected chi connectivity index (χ1v) is 5.85. The van der Waals surface area contributed by atoms with E-state index in [1.165, 1.54) is 0 Å². The number of benzene rings is 1. The van der Waals surface area contributed by atoms with Crippen molar-refractivity contribution in [1.82, 2.24) is 10.2 Å². The van der Waals surface area contributed by atoms with E-state index in [-0.39, 0.29) is 5.91 Å². The molecule has 0 atom stereocenters. The van der Waals surface area contributed by atoms with E-state index >= 15 is 0 Å². The fraction of sp³-hybridized carbons (Fsp3) is 0.267. The van der Waals surface area contributed by atoms with E-state index in [1.54, 1.807) is 18.0 Å². The van der Waals surface area contributed by atoms with Gasteiger partial charge in [0.15, 0.2) is 0 Å². The maximum absolute atomic E-state index is 11.7. The van der Waals surface area contributed by atoms with E-state index in [1.807, 2.05) is 30.3 Å². The SMILES string of the molecule is C=CCN(CC#Cc1ccccc1)C(=O)CNC. The second-order valence-electron chi connectivity index (χ2n) is 3.76. The van der Waals surface area contributed by atoms with Gasteiger partial charge < -0.3 is 10.2 Å². The molecule has 1 aromatic rings. The summed E-state index contributed by atoms with van der Waals surface area (Å²) in [4.78, 5) is 13.4. The molecule has 0 spiro atoms. The summed E-state index contributed by atoms with van der Waals surface area (Å²) in [5.41, 5.74) is 0.956. The van der Waals surface area contributed by atoms with Crippen molar-refractivity contribution in [1.29, 1.82) is 0 Å². The van der Waals surface area contributed by atoms with Crippen LogP contribution >= 0.6 is 0 Å². The smallest absolute Gasteiger partial charge is 0.237 e. The molecule has 1 aromatic carbocycles. The van der Waals surface area contributed by atoms with Crippen molar-refractivity contribution in [2.45, 2.75) is 0 Å². The van der Waals surface area contributed by atoms with Crippen molar-refractivity contribution in [2.75, 3.05) is 26.7 Å². The Morgan fingerprint density at radius 3 is 2.78 bits per heavy atom. The van der Waals surface area contributed by atoms with Crippen LogP contribution in [0.1, 0.15) is 5.56 Å². The number of nitrogens with one attached hydrogen (secondary N) is 1. The summed E-state index contributed by atoms with van der Waals surface area (Å²) in [5.74, 6) is 6.06. The lowest BCUT2D eigenvalue weighted by Gasteiger charge is -2.17. The summed E-state index contributed by atoms with van der Waals surface area (Å²) >= 11 is 0. The van der Waals surface area contributed by atoms with Gasteiger partial charge in [0.2, 0.25) is 5.91 Å². The second-order valence-corrected chi connectivity index (χ2v) is 3.76. The van der Waals surface area contributed by atoms with Crippen LogP contribution in [0, 0.1) is 11.8 Å². The molecule has 1 amide bonds. The Labute approximate surface area is 108 Å². The van der Waals surface area contributed by atoms with Crippen LogP contribution in [0.15, 0.2) is 43.0 Å². The minimum absolute atomic E-state index is 0.0276. The zero-order chi connectivity index (χ0) is 13.2. The molecule has 0 fully saturated rings. The average molecular weight is 242 g/mol. The molecule has 0 unspecified atom stereocenters. The maximum atomic E-state index is 11.7. The predicted octanol–water partition coefficient (Wildman–Crippen LogP) is 1.27. The quantitative estimate of drug-likeness (QED) is 0.623. The molecule has 1 rings (SSSR count). The van der Waals surface area contributed by atoms with Crippen molar-refractivity contribution in [3.8, 4) is 11.8 Å². The van der Waals surface area contributed by atoms with Gasteiger partial charge in [0.05, 0.1) is 13.1 Å². The highest BCUT2D eigenvalue weighted by atomic mass is 16.2. The monoisotopic (exact) mass is 242 g/mol. The van der Waals surface area contributed by atoms with E-state index < -0.39 is 0 Å². The van der Waals surface area contributed by atoms with Crippen molar-refractivity contribution in [3.63, 3.8) is 0 Å². The summed E-state index contributed by atoms with van der Waals surface area (Å²) in [7, 11) is 1.75. The van der Waals surface area contributed by atoms with Gasteiger partial charge in [-0.1, -0.05) is 36.1 Å². The van der Waals surface area contributed by atoms with E-state index in [2.05, 4.69) is 23.7 Å². The Hall–Kier alpha value is -2.05. The Kier molecular flexibility index (Phi) is 6.31. The number of hydrogen-bond acceptors (Lipinski definition) is 2. The van der Waals surface area contributed by atoms with Gasteiger partial charge in [-0.3, -0.25) is 4.79 Å². The number of hydrogen-bond donors (Lipinski definition) is 1. The lowest BCUT2D eigenvalue weighted by molar-refractivity contribution is -0.129. The number of carbonyl (C=O) groups excluding carboxylic acids is 1. The van der Waals surface area contributed by atoms with Gasteiger partial charge in [-0.15, -0.1) is 6.58 Å². The zero-order valence-electron chi connectivity index (χ0n) is 10.6. The normalized spacial score (nSPS) is 9.17. The number of carbonyl (C=O) groups is 1. The third-order valence-electron chi connectivity index (χ3n) is 2.31. The van der Waals surface area contributed by atoms with Crippen LogP contribution in [-0.2, 0) is 4.79 Å². The maximum Gasteiger partial charge on any atom is 0.237 e. The highest BCUT2D eigenvalue weighted by Gasteiger charge is 2.08. The minimum atomic E-state index is 0.0276. The second kappa shape index (κ2) is 8.10.